The fourth-order valence-electron chi connectivity index (χ4n) is 2.32. The molecule has 20 heavy (non-hydrogen) atoms. The summed E-state index contributed by atoms with van der Waals surface area (Å²) in [7, 11) is 1.28. The van der Waals surface area contributed by atoms with Crippen LogP contribution in [0.15, 0.2) is 30.5 Å². The SMILES string of the molecule is COC(=O)[C@H](OC(C)=O)[C@@H](C)c1cccc2[nH]ccc12. The molecule has 0 radical (unpaired) electrons. The first kappa shape index (κ1) is 14.1. The smallest absolute Gasteiger partial charge is 0.347 e. The quantitative estimate of drug-likeness (QED) is 0.870. The minimum absolute atomic E-state index is 0.300. The van der Waals surface area contributed by atoms with Crippen molar-refractivity contribution < 1.29 is 19.1 Å². The number of hydrogen-bond donors (Lipinski definition) is 1. The molecule has 1 heterocycles. The Morgan fingerprint density at radius 3 is 2.65 bits per heavy atom. The van der Waals surface area contributed by atoms with E-state index in [1.165, 1.54) is 14.0 Å². The number of esters is 2. The minimum atomic E-state index is -0.946. The molecule has 0 fully saturated rings. The molecule has 1 aromatic carbocycles. The number of H-pyrrole nitrogens is 1. The van der Waals surface area contributed by atoms with Gasteiger partial charge >= 0.3 is 11.9 Å². The molecule has 2 atom stereocenters. The number of aromatic nitrogens is 1. The summed E-state index contributed by atoms with van der Waals surface area (Å²) in [6.07, 6.45) is 0.887. The Bertz CT molecular complexity index is 632. The van der Waals surface area contributed by atoms with Crippen molar-refractivity contribution in [1.82, 2.24) is 4.98 Å². The van der Waals surface area contributed by atoms with Gasteiger partial charge in [0.05, 0.1) is 7.11 Å². The van der Waals surface area contributed by atoms with E-state index < -0.39 is 18.0 Å². The maximum atomic E-state index is 11.8. The zero-order chi connectivity index (χ0) is 14.7. The van der Waals surface area contributed by atoms with Gasteiger partial charge in [0.1, 0.15) is 0 Å². The lowest BCUT2D eigenvalue weighted by Gasteiger charge is -2.22. The number of benzene rings is 1. The summed E-state index contributed by atoms with van der Waals surface area (Å²) in [6, 6.07) is 7.70. The molecule has 106 valence electrons. The van der Waals surface area contributed by atoms with E-state index in [2.05, 4.69) is 4.98 Å². The maximum absolute atomic E-state index is 11.8. The molecule has 1 aromatic heterocycles. The predicted octanol–water partition coefficient (Wildman–Crippen LogP) is 2.38. The Kier molecular flexibility index (Phi) is 4.08. The van der Waals surface area contributed by atoms with E-state index >= 15 is 0 Å². The Hall–Kier alpha value is -2.30. The van der Waals surface area contributed by atoms with Crippen molar-refractivity contribution in [3.8, 4) is 0 Å². The lowest BCUT2D eigenvalue weighted by atomic mass is 9.92. The first-order valence-corrected chi connectivity index (χ1v) is 6.35. The van der Waals surface area contributed by atoms with Gasteiger partial charge in [-0.15, -0.1) is 0 Å². The third kappa shape index (κ3) is 2.66. The van der Waals surface area contributed by atoms with Crippen molar-refractivity contribution >= 4 is 22.8 Å². The van der Waals surface area contributed by atoms with Crippen molar-refractivity contribution in [3.63, 3.8) is 0 Å². The molecule has 0 aliphatic heterocycles. The fraction of sp³-hybridized carbons (Fsp3) is 0.333. The van der Waals surface area contributed by atoms with Gasteiger partial charge < -0.3 is 14.5 Å². The van der Waals surface area contributed by atoms with Crippen LogP contribution in [0.25, 0.3) is 10.9 Å². The van der Waals surface area contributed by atoms with Gasteiger partial charge in [-0.2, -0.15) is 0 Å². The summed E-state index contributed by atoms with van der Waals surface area (Å²) < 4.78 is 9.85. The number of methoxy groups -OCH3 is 1. The minimum Gasteiger partial charge on any atom is -0.466 e. The number of ether oxygens (including phenoxy) is 2. The average Bonchev–Trinajstić information content (AvgIpc) is 2.91. The second-order valence-corrected chi connectivity index (χ2v) is 4.63. The highest BCUT2D eigenvalue weighted by Crippen LogP contribution is 2.29. The lowest BCUT2D eigenvalue weighted by molar-refractivity contribution is -0.166. The molecule has 5 nitrogen and oxygen atoms in total. The van der Waals surface area contributed by atoms with Crippen LogP contribution in [0.4, 0.5) is 0 Å². The summed E-state index contributed by atoms with van der Waals surface area (Å²) in [5.74, 6) is -1.36. The monoisotopic (exact) mass is 275 g/mol. The van der Waals surface area contributed by atoms with Crippen LogP contribution >= 0.6 is 0 Å². The van der Waals surface area contributed by atoms with Gasteiger partial charge in [0.2, 0.25) is 6.10 Å². The lowest BCUT2D eigenvalue weighted by Crippen LogP contribution is -2.32. The van der Waals surface area contributed by atoms with Gasteiger partial charge in [-0.25, -0.2) is 4.79 Å². The summed E-state index contributed by atoms with van der Waals surface area (Å²) in [4.78, 5) is 26.1. The van der Waals surface area contributed by atoms with Crippen LogP contribution in [0.3, 0.4) is 0 Å². The number of hydrogen-bond acceptors (Lipinski definition) is 4. The van der Waals surface area contributed by atoms with Crippen molar-refractivity contribution in [2.45, 2.75) is 25.9 Å². The van der Waals surface area contributed by atoms with Gasteiger partial charge in [-0.1, -0.05) is 19.1 Å². The highest BCUT2D eigenvalue weighted by molar-refractivity contribution is 5.86. The second-order valence-electron chi connectivity index (χ2n) is 4.63. The molecule has 0 spiro atoms. The number of fused-ring (bicyclic) bond motifs is 1. The van der Waals surface area contributed by atoms with Crippen molar-refractivity contribution in [3.05, 3.63) is 36.0 Å². The normalized spacial score (nSPS) is 13.8. The van der Waals surface area contributed by atoms with Crippen molar-refractivity contribution in [2.24, 2.45) is 0 Å². The molecular weight excluding hydrogens is 258 g/mol. The zero-order valence-corrected chi connectivity index (χ0v) is 11.7. The molecule has 0 unspecified atom stereocenters. The number of aromatic amines is 1. The van der Waals surface area contributed by atoms with E-state index in [-0.39, 0.29) is 5.92 Å². The van der Waals surface area contributed by atoms with Crippen LogP contribution in [0.2, 0.25) is 0 Å². The summed E-state index contributed by atoms with van der Waals surface area (Å²) >= 11 is 0. The Balaban J connectivity index is 2.40. The number of rotatable bonds is 4. The molecule has 0 saturated carbocycles. The largest absolute Gasteiger partial charge is 0.466 e. The van der Waals surface area contributed by atoms with E-state index in [4.69, 9.17) is 9.47 Å². The van der Waals surface area contributed by atoms with Crippen LogP contribution in [0.5, 0.6) is 0 Å². The highest BCUT2D eigenvalue weighted by atomic mass is 16.6. The summed E-state index contributed by atoms with van der Waals surface area (Å²) in [5.41, 5.74) is 1.90. The molecule has 0 saturated heterocycles. The van der Waals surface area contributed by atoms with E-state index in [0.717, 1.165) is 16.5 Å². The van der Waals surface area contributed by atoms with Gasteiger partial charge in [0, 0.05) is 29.9 Å². The van der Waals surface area contributed by atoms with Crippen LogP contribution < -0.4 is 0 Å². The average molecular weight is 275 g/mol. The van der Waals surface area contributed by atoms with Crippen LogP contribution in [-0.4, -0.2) is 30.1 Å². The predicted molar refractivity (Wildman–Crippen MR) is 74.3 cm³/mol. The van der Waals surface area contributed by atoms with Gasteiger partial charge in [-0.3, -0.25) is 4.79 Å². The Morgan fingerprint density at radius 1 is 1.25 bits per heavy atom. The molecule has 1 N–H and O–H groups in total. The topological polar surface area (TPSA) is 68.4 Å². The molecule has 0 amide bonds. The van der Waals surface area contributed by atoms with Gasteiger partial charge in [0.25, 0.3) is 0 Å². The van der Waals surface area contributed by atoms with E-state index in [1.54, 1.807) is 0 Å². The van der Waals surface area contributed by atoms with E-state index in [1.807, 2.05) is 37.4 Å². The number of carbonyl (C=O) groups excluding carboxylic acids is 2. The summed E-state index contributed by atoms with van der Waals surface area (Å²) in [5, 5.41) is 1.00. The first-order valence-electron chi connectivity index (χ1n) is 6.35. The molecular formula is C15H17NO4. The van der Waals surface area contributed by atoms with Gasteiger partial charge in [0.15, 0.2) is 0 Å². The molecule has 2 rings (SSSR count). The third-order valence-electron chi connectivity index (χ3n) is 3.30. The molecule has 5 heteroatoms. The Morgan fingerprint density at radius 2 is 2.00 bits per heavy atom. The van der Waals surface area contributed by atoms with Crippen LogP contribution in [-0.2, 0) is 19.1 Å². The fourth-order valence-corrected chi connectivity index (χ4v) is 2.32. The van der Waals surface area contributed by atoms with Crippen molar-refractivity contribution in [2.75, 3.05) is 7.11 Å². The number of carbonyl (C=O) groups is 2. The first-order chi connectivity index (χ1) is 9.54. The third-order valence-corrected chi connectivity index (χ3v) is 3.30. The number of nitrogens with one attached hydrogen (secondary N) is 1. The Labute approximate surface area is 116 Å². The van der Waals surface area contributed by atoms with Gasteiger partial charge in [-0.05, 0) is 17.7 Å². The van der Waals surface area contributed by atoms with Crippen LogP contribution in [0.1, 0.15) is 25.3 Å². The molecule has 0 aliphatic rings. The van der Waals surface area contributed by atoms with Crippen LogP contribution in [0, 0.1) is 0 Å². The standard InChI is InChI=1S/C15H17NO4/c1-9(14(15(18)19-3)20-10(2)17)11-5-4-6-13-12(11)7-8-16-13/h4-9,14,16H,1-3H3/t9-,14+/m0/s1. The van der Waals surface area contributed by atoms with E-state index in [0.29, 0.717) is 0 Å². The highest BCUT2D eigenvalue weighted by Gasteiger charge is 2.31. The molecule has 0 aliphatic carbocycles. The molecule has 0 bridgehead atoms. The zero-order valence-electron chi connectivity index (χ0n) is 11.7. The van der Waals surface area contributed by atoms with E-state index in [9.17, 15) is 9.59 Å². The van der Waals surface area contributed by atoms with Crippen molar-refractivity contribution in [1.29, 1.82) is 0 Å². The maximum Gasteiger partial charge on any atom is 0.347 e. The summed E-state index contributed by atoms with van der Waals surface area (Å²) in [6.45, 7) is 3.12. The second kappa shape index (κ2) is 5.77. The molecule has 2 aromatic rings.